The molecule has 30 heavy (non-hydrogen) atoms. The number of anilines is 1. The molecule has 0 bridgehead atoms. The minimum absolute atomic E-state index is 0.0448. The predicted molar refractivity (Wildman–Crippen MR) is 120 cm³/mol. The molecule has 158 valence electrons. The summed E-state index contributed by atoms with van der Waals surface area (Å²) >= 11 is 3.49. The summed E-state index contributed by atoms with van der Waals surface area (Å²) in [7, 11) is 3.21. The summed E-state index contributed by atoms with van der Waals surface area (Å²) in [5.74, 6) is 2.08. The van der Waals surface area contributed by atoms with Gasteiger partial charge in [0.15, 0.2) is 11.5 Å². The second kappa shape index (κ2) is 8.95. The van der Waals surface area contributed by atoms with Crippen LogP contribution in [0.3, 0.4) is 0 Å². The van der Waals surface area contributed by atoms with Crippen molar-refractivity contribution < 1.29 is 14.3 Å². The molecule has 0 spiro atoms. The fraction of sp³-hybridized carbons (Fsp3) is 0.364. The average Bonchev–Trinajstić information content (AvgIpc) is 3.20. The number of aromatic nitrogens is 2. The Morgan fingerprint density at radius 1 is 1.30 bits per heavy atom. The fourth-order valence-electron chi connectivity index (χ4n) is 3.92. The highest BCUT2D eigenvalue weighted by molar-refractivity contribution is 9.10. The summed E-state index contributed by atoms with van der Waals surface area (Å²) in [5.41, 5.74) is 2.79. The minimum atomic E-state index is -0.0877. The van der Waals surface area contributed by atoms with Crippen molar-refractivity contribution in [2.24, 2.45) is 5.92 Å². The molecular weight excluding hydrogens is 448 g/mol. The van der Waals surface area contributed by atoms with Gasteiger partial charge in [0.2, 0.25) is 11.9 Å². The second-order valence-corrected chi connectivity index (χ2v) is 8.29. The molecule has 0 saturated carbocycles. The van der Waals surface area contributed by atoms with E-state index in [4.69, 9.17) is 14.5 Å². The van der Waals surface area contributed by atoms with Gasteiger partial charge in [0.25, 0.3) is 0 Å². The quantitative estimate of drug-likeness (QED) is 0.568. The van der Waals surface area contributed by atoms with Crippen molar-refractivity contribution in [1.29, 1.82) is 0 Å². The van der Waals surface area contributed by atoms with E-state index in [0.717, 1.165) is 46.4 Å². The van der Waals surface area contributed by atoms with Gasteiger partial charge in [-0.2, -0.15) is 0 Å². The fourth-order valence-corrected chi connectivity index (χ4v) is 4.28. The van der Waals surface area contributed by atoms with Crippen molar-refractivity contribution in [3.05, 3.63) is 46.4 Å². The lowest BCUT2D eigenvalue weighted by Gasteiger charge is -2.31. The van der Waals surface area contributed by atoms with Crippen LogP contribution in [0.2, 0.25) is 0 Å². The van der Waals surface area contributed by atoms with E-state index in [9.17, 15) is 4.79 Å². The molecule has 2 heterocycles. The smallest absolute Gasteiger partial charge is 0.225 e. The molecule has 1 aliphatic heterocycles. The maximum absolute atomic E-state index is 12.9. The van der Waals surface area contributed by atoms with Crippen LogP contribution in [0.25, 0.3) is 11.0 Å². The number of H-pyrrole nitrogens is 1. The molecule has 1 saturated heterocycles. The third kappa shape index (κ3) is 4.23. The van der Waals surface area contributed by atoms with Crippen LogP contribution in [-0.2, 0) is 11.3 Å². The van der Waals surface area contributed by atoms with Gasteiger partial charge >= 0.3 is 0 Å². The van der Waals surface area contributed by atoms with E-state index in [1.807, 2.05) is 36.4 Å². The van der Waals surface area contributed by atoms with Crippen LogP contribution < -0.4 is 19.7 Å². The van der Waals surface area contributed by atoms with E-state index >= 15 is 0 Å². The number of halogens is 1. The van der Waals surface area contributed by atoms with E-state index in [2.05, 4.69) is 31.1 Å². The van der Waals surface area contributed by atoms with Crippen molar-refractivity contribution in [2.45, 2.75) is 19.4 Å². The van der Waals surface area contributed by atoms with E-state index in [-0.39, 0.29) is 11.8 Å². The average molecular weight is 473 g/mol. The first-order chi connectivity index (χ1) is 14.6. The Hall–Kier alpha value is -2.74. The first-order valence-electron chi connectivity index (χ1n) is 9.97. The number of ether oxygens (including phenoxy) is 2. The number of piperidine rings is 1. The number of aromatic amines is 1. The first-order valence-corrected chi connectivity index (χ1v) is 10.8. The summed E-state index contributed by atoms with van der Waals surface area (Å²) in [6.07, 6.45) is 1.81. The molecule has 4 rings (SSSR count). The van der Waals surface area contributed by atoms with Crippen molar-refractivity contribution in [3.63, 3.8) is 0 Å². The van der Waals surface area contributed by atoms with Crippen molar-refractivity contribution in [3.8, 4) is 11.5 Å². The highest BCUT2D eigenvalue weighted by atomic mass is 79.9. The molecule has 1 fully saturated rings. The maximum Gasteiger partial charge on any atom is 0.225 e. The predicted octanol–water partition coefficient (Wildman–Crippen LogP) is 3.88. The maximum atomic E-state index is 12.9. The molecular formula is C22H25BrN4O3. The lowest BCUT2D eigenvalue weighted by molar-refractivity contribution is -0.125. The number of fused-ring (bicyclic) bond motifs is 1. The zero-order valence-corrected chi connectivity index (χ0v) is 18.7. The molecule has 7 nitrogen and oxygen atoms in total. The number of hydrogen-bond donors (Lipinski definition) is 2. The number of methoxy groups -OCH3 is 2. The Balaban J connectivity index is 1.42. The lowest BCUT2D eigenvalue weighted by Crippen LogP contribution is -2.43. The van der Waals surface area contributed by atoms with Gasteiger partial charge in [-0.25, -0.2) is 4.98 Å². The number of nitrogens with one attached hydrogen (secondary N) is 2. The number of carbonyl (C=O) groups is 1. The molecule has 1 atom stereocenters. The van der Waals surface area contributed by atoms with Crippen LogP contribution in [0.5, 0.6) is 11.5 Å². The van der Waals surface area contributed by atoms with Crippen LogP contribution in [0.15, 0.2) is 40.9 Å². The van der Waals surface area contributed by atoms with E-state index in [0.29, 0.717) is 24.6 Å². The number of imidazole rings is 1. The van der Waals surface area contributed by atoms with Crippen LogP contribution in [0.4, 0.5) is 5.95 Å². The zero-order valence-electron chi connectivity index (χ0n) is 17.1. The van der Waals surface area contributed by atoms with Gasteiger partial charge in [0.1, 0.15) is 0 Å². The van der Waals surface area contributed by atoms with E-state index in [1.165, 1.54) is 0 Å². The van der Waals surface area contributed by atoms with Gasteiger partial charge in [0.05, 0.1) is 31.2 Å². The van der Waals surface area contributed by atoms with Gasteiger partial charge in [-0.05, 0) is 37.1 Å². The largest absolute Gasteiger partial charge is 0.493 e. The molecule has 0 aliphatic carbocycles. The van der Waals surface area contributed by atoms with Crippen LogP contribution >= 0.6 is 15.9 Å². The van der Waals surface area contributed by atoms with E-state index < -0.39 is 0 Å². The second-order valence-electron chi connectivity index (χ2n) is 7.38. The summed E-state index contributed by atoms with van der Waals surface area (Å²) in [4.78, 5) is 23.1. The first kappa shape index (κ1) is 20.5. The van der Waals surface area contributed by atoms with Gasteiger partial charge in [0, 0.05) is 29.7 Å². The molecule has 1 aromatic heterocycles. The lowest BCUT2D eigenvalue weighted by atomic mass is 9.97. The van der Waals surface area contributed by atoms with E-state index in [1.54, 1.807) is 14.2 Å². The Kier molecular flexibility index (Phi) is 6.13. The minimum Gasteiger partial charge on any atom is -0.493 e. The highest BCUT2D eigenvalue weighted by Crippen LogP contribution is 2.31. The molecule has 0 unspecified atom stereocenters. The van der Waals surface area contributed by atoms with Gasteiger partial charge in [-0.3, -0.25) is 4.79 Å². The van der Waals surface area contributed by atoms with Crippen molar-refractivity contribution in [2.75, 3.05) is 32.2 Å². The highest BCUT2D eigenvalue weighted by Gasteiger charge is 2.27. The van der Waals surface area contributed by atoms with Crippen LogP contribution in [-0.4, -0.2) is 43.2 Å². The van der Waals surface area contributed by atoms with Gasteiger partial charge < -0.3 is 24.7 Å². The van der Waals surface area contributed by atoms with Gasteiger partial charge in [-0.1, -0.05) is 28.1 Å². The Labute approximate surface area is 183 Å². The molecule has 3 aromatic rings. The normalized spacial score (nSPS) is 16.5. The number of hydrogen-bond acceptors (Lipinski definition) is 5. The monoisotopic (exact) mass is 472 g/mol. The van der Waals surface area contributed by atoms with Crippen LogP contribution in [0.1, 0.15) is 18.4 Å². The summed E-state index contributed by atoms with van der Waals surface area (Å²) in [6.45, 7) is 1.92. The number of carbonyl (C=O) groups excluding carboxylic acids is 1. The van der Waals surface area contributed by atoms with Crippen molar-refractivity contribution in [1.82, 2.24) is 15.3 Å². The number of amides is 1. The number of para-hydroxylation sites is 1. The Morgan fingerprint density at radius 3 is 2.97 bits per heavy atom. The van der Waals surface area contributed by atoms with Crippen molar-refractivity contribution >= 4 is 38.8 Å². The molecule has 0 radical (unpaired) electrons. The summed E-state index contributed by atoms with van der Waals surface area (Å²) < 4.78 is 11.8. The summed E-state index contributed by atoms with van der Waals surface area (Å²) in [6, 6.07) is 11.6. The number of benzene rings is 2. The van der Waals surface area contributed by atoms with Gasteiger partial charge in [-0.15, -0.1) is 0 Å². The molecule has 2 N–H and O–H groups in total. The number of rotatable bonds is 6. The third-order valence-corrected chi connectivity index (χ3v) is 5.95. The molecule has 1 aliphatic rings. The Bertz CT molecular complexity index is 1050. The standard InChI is InChI=1S/C22H25BrN4O3/c1-29-19-7-3-5-14(20(19)30-2)12-24-21(28)15-6-4-10-27(13-15)22-25-17-9-8-16(23)11-18(17)26-22/h3,5,7-9,11,15H,4,6,10,12-13H2,1-2H3,(H,24,28)(H,25,26)/t15-/m1/s1. The molecule has 8 heteroatoms. The molecule has 1 amide bonds. The Morgan fingerprint density at radius 2 is 2.17 bits per heavy atom. The summed E-state index contributed by atoms with van der Waals surface area (Å²) in [5, 5.41) is 3.06. The van der Waals surface area contributed by atoms with Crippen LogP contribution in [0, 0.1) is 5.92 Å². The number of nitrogens with zero attached hydrogens (tertiary/aromatic N) is 2. The third-order valence-electron chi connectivity index (χ3n) is 5.46. The topological polar surface area (TPSA) is 79.5 Å². The SMILES string of the molecule is COc1cccc(CNC(=O)[C@@H]2CCCN(c3nc4ccc(Br)cc4[nH]3)C2)c1OC. The zero-order chi connectivity index (χ0) is 21.1. The molecule has 2 aromatic carbocycles.